The third-order valence-corrected chi connectivity index (χ3v) is 5.02. The second kappa shape index (κ2) is 7.56. The quantitative estimate of drug-likeness (QED) is 0.780. The minimum atomic E-state index is -0.963. The number of hydrogen-bond donors (Lipinski definition) is 2. The summed E-state index contributed by atoms with van der Waals surface area (Å²) in [4.78, 5) is 28.0. The van der Waals surface area contributed by atoms with E-state index in [0.717, 1.165) is 11.8 Å². The number of halogens is 1. The van der Waals surface area contributed by atoms with Gasteiger partial charge in [0.25, 0.3) is 0 Å². The number of carbonyl (C=O) groups excluding carboxylic acids is 2. The van der Waals surface area contributed by atoms with E-state index in [2.05, 4.69) is 15.6 Å². The Morgan fingerprint density at radius 1 is 1.52 bits per heavy atom. The van der Waals surface area contributed by atoms with E-state index in [0.29, 0.717) is 5.69 Å². The average molecular weight is 376 g/mol. The molecule has 1 aromatic heterocycles. The van der Waals surface area contributed by atoms with Crippen LogP contribution in [0.25, 0.3) is 0 Å². The van der Waals surface area contributed by atoms with Crippen molar-refractivity contribution in [2.24, 2.45) is 11.3 Å². The molecule has 0 fully saturated rings. The van der Waals surface area contributed by atoms with Gasteiger partial charge >= 0.3 is 0 Å². The molecule has 0 saturated heterocycles. The zero-order valence-electron chi connectivity index (χ0n) is 13.5. The minimum Gasteiger partial charge on any atom is -0.323 e. The van der Waals surface area contributed by atoms with Gasteiger partial charge in [0.15, 0.2) is 5.15 Å². The Bertz CT molecular complexity index is 838. The molecule has 0 saturated carbocycles. The summed E-state index contributed by atoms with van der Waals surface area (Å²) in [6.07, 6.45) is 1.50. The van der Waals surface area contributed by atoms with Gasteiger partial charge in [-0.3, -0.25) is 9.59 Å². The highest BCUT2D eigenvalue weighted by atomic mass is 35.5. The molecule has 0 aromatic carbocycles. The van der Waals surface area contributed by atoms with Gasteiger partial charge in [0.2, 0.25) is 11.8 Å². The molecule has 1 atom stereocenters. The van der Waals surface area contributed by atoms with E-state index < -0.39 is 17.2 Å². The van der Waals surface area contributed by atoms with E-state index in [-0.39, 0.29) is 27.4 Å². The van der Waals surface area contributed by atoms with Crippen LogP contribution >= 0.6 is 23.4 Å². The number of amides is 2. The summed E-state index contributed by atoms with van der Waals surface area (Å²) >= 11 is 6.90. The van der Waals surface area contributed by atoms with E-state index >= 15 is 0 Å². The molecule has 2 N–H and O–H groups in total. The third kappa shape index (κ3) is 3.93. The molecule has 2 heterocycles. The van der Waals surface area contributed by atoms with E-state index in [1.807, 2.05) is 12.1 Å². The van der Waals surface area contributed by atoms with Gasteiger partial charge in [-0.25, -0.2) is 4.98 Å². The normalized spacial score (nSPS) is 18.8. The van der Waals surface area contributed by atoms with Gasteiger partial charge in [-0.2, -0.15) is 10.5 Å². The summed E-state index contributed by atoms with van der Waals surface area (Å²) in [5, 5.41) is 24.2. The first-order valence-corrected chi connectivity index (χ1v) is 8.56. The molecule has 128 valence electrons. The highest BCUT2D eigenvalue weighted by Crippen LogP contribution is 2.41. The minimum absolute atomic E-state index is 0.0423. The first-order valence-electron chi connectivity index (χ1n) is 7.19. The summed E-state index contributed by atoms with van der Waals surface area (Å²) in [5.74, 6) is -1.85. The number of thioether (sulfide) groups is 1. The predicted octanol–water partition coefficient (Wildman–Crippen LogP) is 2.44. The van der Waals surface area contributed by atoms with E-state index in [1.54, 1.807) is 26.0 Å². The van der Waals surface area contributed by atoms with Crippen molar-refractivity contribution in [2.45, 2.75) is 13.8 Å². The second-order valence-corrected chi connectivity index (χ2v) is 7.11. The summed E-state index contributed by atoms with van der Waals surface area (Å²) in [5.41, 5.74) is -0.283. The molecule has 25 heavy (non-hydrogen) atoms. The van der Waals surface area contributed by atoms with Gasteiger partial charge in [0, 0.05) is 11.6 Å². The molecule has 7 nitrogen and oxygen atoms in total. The standard InChI is InChI=1S/C16H14ClN5O2S/c1-16(2)9(6-18)14(24)22-15(10(16)7-19)25-8-12(23)21-11-4-3-5-20-13(11)17/h3-5,9H,8H2,1-2H3,(H,21,23)(H,22,24)/t9-/m1/s1. The van der Waals surface area contributed by atoms with Crippen LogP contribution in [0, 0.1) is 34.0 Å². The Balaban J connectivity index is 2.14. The number of allylic oxidation sites excluding steroid dienone is 1. The number of pyridine rings is 1. The highest BCUT2D eigenvalue weighted by Gasteiger charge is 2.44. The summed E-state index contributed by atoms with van der Waals surface area (Å²) in [6.45, 7) is 3.32. The van der Waals surface area contributed by atoms with Crippen molar-refractivity contribution in [3.05, 3.63) is 34.1 Å². The fraction of sp³-hybridized carbons (Fsp3) is 0.312. The van der Waals surface area contributed by atoms with Gasteiger partial charge in [0.05, 0.1) is 34.2 Å². The zero-order chi connectivity index (χ0) is 18.6. The zero-order valence-corrected chi connectivity index (χ0v) is 15.0. The fourth-order valence-corrected chi connectivity index (χ4v) is 3.48. The molecule has 1 aliphatic heterocycles. The van der Waals surface area contributed by atoms with Gasteiger partial charge in [-0.15, -0.1) is 0 Å². The second-order valence-electron chi connectivity index (χ2n) is 5.77. The molecule has 2 rings (SSSR count). The van der Waals surface area contributed by atoms with Crippen molar-refractivity contribution < 1.29 is 9.59 Å². The van der Waals surface area contributed by atoms with Crippen molar-refractivity contribution in [3.63, 3.8) is 0 Å². The lowest BCUT2D eigenvalue weighted by Gasteiger charge is -2.34. The molecule has 0 unspecified atom stereocenters. The third-order valence-electron chi connectivity index (χ3n) is 3.71. The molecule has 1 aromatic rings. The number of anilines is 1. The molecular weight excluding hydrogens is 362 g/mol. The van der Waals surface area contributed by atoms with Gasteiger partial charge in [-0.1, -0.05) is 37.2 Å². The van der Waals surface area contributed by atoms with E-state index in [1.165, 1.54) is 6.20 Å². The van der Waals surface area contributed by atoms with Crippen LogP contribution in [0.15, 0.2) is 28.9 Å². The average Bonchev–Trinajstić information content (AvgIpc) is 2.54. The van der Waals surface area contributed by atoms with Crippen molar-refractivity contribution in [1.82, 2.24) is 10.3 Å². The number of nitrogens with zero attached hydrogens (tertiary/aromatic N) is 3. The van der Waals surface area contributed by atoms with Crippen LogP contribution in [0.5, 0.6) is 0 Å². The molecule has 0 radical (unpaired) electrons. The van der Waals surface area contributed by atoms with Gasteiger partial charge in [0.1, 0.15) is 5.92 Å². The van der Waals surface area contributed by atoms with Crippen LogP contribution in [0.4, 0.5) is 5.69 Å². The first kappa shape index (κ1) is 18.8. The lowest BCUT2D eigenvalue weighted by molar-refractivity contribution is -0.125. The maximum atomic E-state index is 12.1. The molecule has 0 spiro atoms. The topological polar surface area (TPSA) is 119 Å². The molecular formula is C16H14ClN5O2S. The fourth-order valence-electron chi connectivity index (χ4n) is 2.34. The monoisotopic (exact) mass is 375 g/mol. The smallest absolute Gasteiger partial charge is 0.243 e. The van der Waals surface area contributed by atoms with Crippen molar-refractivity contribution >= 4 is 40.9 Å². The molecule has 1 aliphatic rings. The number of carbonyl (C=O) groups is 2. The Morgan fingerprint density at radius 2 is 2.24 bits per heavy atom. The molecule has 0 aliphatic carbocycles. The van der Waals surface area contributed by atoms with Crippen LogP contribution in [0.2, 0.25) is 5.15 Å². The Labute approximate surface area is 154 Å². The van der Waals surface area contributed by atoms with Gasteiger partial charge in [-0.05, 0) is 12.1 Å². The Hall–Kier alpha value is -2.55. The number of nitriles is 2. The number of hydrogen-bond acceptors (Lipinski definition) is 6. The summed E-state index contributed by atoms with van der Waals surface area (Å²) in [6, 6.07) is 7.21. The van der Waals surface area contributed by atoms with Crippen LogP contribution in [-0.4, -0.2) is 22.6 Å². The number of rotatable bonds is 4. The highest BCUT2D eigenvalue weighted by molar-refractivity contribution is 8.03. The van der Waals surface area contributed by atoms with Crippen molar-refractivity contribution in [1.29, 1.82) is 10.5 Å². The number of aromatic nitrogens is 1. The lowest BCUT2D eigenvalue weighted by Crippen LogP contribution is -2.44. The van der Waals surface area contributed by atoms with Crippen molar-refractivity contribution in [3.8, 4) is 12.1 Å². The van der Waals surface area contributed by atoms with Gasteiger partial charge < -0.3 is 10.6 Å². The molecule has 9 heteroatoms. The predicted molar refractivity (Wildman–Crippen MR) is 94.0 cm³/mol. The Kier molecular flexibility index (Phi) is 5.68. The van der Waals surface area contributed by atoms with Crippen LogP contribution < -0.4 is 10.6 Å². The summed E-state index contributed by atoms with van der Waals surface area (Å²) in [7, 11) is 0. The van der Waals surface area contributed by atoms with Crippen LogP contribution in [0.3, 0.4) is 0 Å². The summed E-state index contributed by atoms with van der Waals surface area (Å²) < 4.78 is 0. The lowest BCUT2D eigenvalue weighted by atomic mass is 9.72. The largest absolute Gasteiger partial charge is 0.323 e. The first-order chi connectivity index (χ1) is 11.8. The van der Waals surface area contributed by atoms with E-state index in [4.69, 9.17) is 11.6 Å². The Morgan fingerprint density at radius 3 is 2.84 bits per heavy atom. The van der Waals surface area contributed by atoms with Crippen LogP contribution in [0.1, 0.15) is 13.8 Å². The SMILES string of the molecule is CC1(C)C(C#N)=C(SCC(=O)Nc2cccnc2Cl)NC(=O)[C@H]1C#N. The maximum absolute atomic E-state index is 12.1. The maximum Gasteiger partial charge on any atom is 0.243 e. The molecule has 0 bridgehead atoms. The molecule has 2 amide bonds. The number of nitrogens with one attached hydrogen (secondary N) is 2. The van der Waals surface area contributed by atoms with Crippen molar-refractivity contribution in [2.75, 3.05) is 11.1 Å². The van der Waals surface area contributed by atoms with E-state index in [9.17, 15) is 20.1 Å². The van der Waals surface area contributed by atoms with Crippen LogP contribution in [-0.2, 0) is 9.59 Å².